The first-order valence-corrected chi connectivity index (χ1v) is 10.1. The fraction of sp³-hybridized carbons (Fsp3) is 0.364. The highest BCUT2D eigenvalue weighted by Crippen LogP contribution is 2.31. The fourth-order valence-corrected chi connectivity index (χ4v) is 4.03. The Balaban J connectivity index is 0.00000280. The van der Waals surface area contributed by atoms with Crippen LogP contribution >= 0.6 is 23.7 Å². The van der Waals surface area contributed by atoms with Crippen molar-refractivity contribution in [2.24, 2.45) is 0 Å². The minimum atomic E-state index is 0. The van der Waals surface area contributed by atoms with Gasteiger partial charge in [-0.25, -0.2) is 4.98 Å². The molecule has 3 aromatic rings. The van der Waals surface area contributed by atoms with Crippen molar-refractivity contribution in [2.75, 3.05) is 32.1 Å². The van der Waals surface area contributed by atoms with E-state index in [2.05, 4.69) is 45.0 Å². The van der Waals surface area contributed by atoms with Gasteiger partial charge in [0.1, 0.15) is 0 Å². The summed E-state index contributed by atoms with van der Waals surface area (Å²) in [6, 6.07) is 12.0. The number of aromatic nitrogens is 1. The van der Waals surface area contributed by atoms with Crippen molar-refractivity contribution < 1.29 is 4.79 Å². The predicted octanol–water partition coefficient (Wildman–Crippen LogP) is 5.24. The predicted molar refractivity (Wildman–Crippen MR) is 122 cm³/mol. The number of amides is 1. The molecule has 0 bridgehead atoms. The van der Waals surface area contributed by atoms with Gasteiger partial charge < -0.3 is 4.90 Å². The van der Waals surface area contributed by atoms with Gasteiger partial charge in [-0.3, -0.25) is 9.69 Å². The van der Waals surface area contributed by atoms with Gasteiger partial charge in [0.2, 0.25) is 0 Å². The molecule has 0 N–H and O–H groups in total. The quantitative estimate of drug-likeness (QED) is 0.550. The molecule has 1 amide bonds. The Bertz CT molecular complexity index is 911. The number of hydrogen-bond acceptors (Lipinski definition) is 4. The van der Waals surface area contributed by atoms with Gasteiger partial charge in [-0.2, -0.15) is 0 Å². The van der Waals surface area contributed by atoms with E-state index in [-0.39, 0.29) is 18.3 Å². The fourth-order valence-electron chi connectivity index (χ4n) is 2.96. The Hall–Kier alpha value is -1.95. The number of aryl methyl sites for hydroxylation is 3. The zero-order chi connectivity index (χ0) is 19.6. The van der Waals surface area contributed by atoms with Crippen molar-refractivity contribution in [3.63, 3.8) is 0 Å². The molecule has 150 valence electrons. The number of rotatable bonds is 6. The van der Waals surface area contributed by atoms with Crippen LogP contribution in [0.2, 0.25) is 0 Å². The molecule has 0 radical (unpaired) electrons. The summed E-state index contributed by atoms with van der Waals surface area (Å²) in [6.07, 6.45) is 0.901. The summed E-state index contributed by atoms with van der Waals surface area (Å²) < 4.78 is 1.13. The first kappa shape index (κ1) is 22.3. The molecule has 2 aromatic carbocycles. The molecule has 0 saturated carbocycles. The number of hydrogen-bond donors (Lipinski definition) is 0. The van der Waals surface area contributed by atoms with Crippen LogP contribution in [0.5, 0.6) is 0 Å². The van der Waals surface area contributed by atoms with Crippen molar-refractivity contribution in [3.8, 4) is 0 Å². The minimum absolute atomic E-state index is 0. The molecule has 4 nitrogen and oxygen atoms in total. The van der Waals surface area contributed by atoms with E-state index in [0.29, 0.717) is 12.1 Å². The molecule has 0 aliphatic carbocycles. The molecule has 0 aliphatic rings. The second kappa shape index (κ2) is 9.50. The van der Waals surface area contributed by atoms with Crippen molar-refractivity contribution in [1.82, 2.24) is 9.88 Å². The van der Waals surface area contributed by atoms with Crippen molar-refractivity contribution in [3.05, 3.63) is 58.7 Å². The number of thiazole rings is 1. The summed E-state index contributed by atoms with van der Waals surface area (Å²) in [5, 5.41) is 0.777. The van der Waals surface area contributed by atoms with Crippen LogP contribution in [0, 0.1) is 20.8 Å². The van der Waals surface area contributed by atoms with E-state index in [0.717, 1.165) is 33.9 Å². The molecule has 0 fully saturated rings. The summed E-state index contributed by atoms with van der Waals surface area (Å²) in [5.41, 5.74) is 5.30. The van der Waals surface area contributed by atoms with Crippen LogP contribution in [0.4, 0.5) is 5.13 Å². The van der Waals surface area contributed by atoms with E-state index in [1.54, 1.807) is 11.3 Å². The van der Waals surface area contributed by atoms with Gasteiger partial charge in [-0.05, 0) is 83.2 Å². The molecular formula is C22H28ClN3OS. The minimum Gasteiger partial charge on any atom is -0.309 e. The highest BCUT2D eigenvalue weighted by atomic mass is 35.5. The smallest absolute Gasteiger partial charge is 0.260 e. The van der Waals surface area contributed by atoms with Crippen molar-refractivity contribution >= 4 is 45.0 Å². The average Bonchev–Trinajstić information content (AvgIpc) is 3.01. The summed E-state index contributed by atoms with van der Waals surface area (Å²) in [4.78, 5) is 22.0. The van der Waals surface area contributed by atoms with Crippen LogP contribution in [0.25, 0.3) is 10.2 Å². The largest absolute Gasteiger partial charge is 0.309 e. The van der Waals surface area contributed by atoms with Gasteiger partial charge in [0.15, 0.2) is 5.13 Å². The first-order chi connectivity index (χ1) is 12.8. The lowest BCUT2D eigenvalue weighted by molar-refractivity contribution is 0.0986. The monoisotopic (exact) mass is 417 g/mol. The Morgan fingerprint density at radius 3 is 2.29 bits per heavy atom. The third-order valence-corrected chi connectivity index (χ3v) is 5.80. The van der Waals surface area contributed by atoms with Crippen molar-refractivity contribution in [1.29, 1.82) is 0 Å². The number of benzene rings is 2. The Labute approximate surface area is 177 Å². The lowest BCUT2D eigenvalue weighted by Gasteiger charge is -2.21. The van der Waals surface area contributed by atoms with Crippen LogP contribution in [0.3, 0.4) is 0 Å². The number of anilines is 1. The molecule has 28 heavy (non-hydrogen) atoms. The normalized spacial score (nSPS) is 10.9. The van der Waals surface area contributed by atoms with Crippen LogP contribution in [0.1, 0.15) is 33.5 Å². The maximum Gasteiger partial charge on any atom is 0.260 e. The summed E-state index contributed by atoms with van der Waals surface area (Å²) in [5.74, 6) is 0.0151. The Kier molecular flexibility index (Phi) is 7.58. The Morgan fingerprint density at radius 2 is 1.64 bits per heavy atom. The highest BCUT2D eigenvalue weighted by molar-refractivity contribution is 7.22. The molecule has 1 heterocycles. The van der Waals surface area contributed by atoms with Crippen LogP contribution in [-0.2, 0) is 0 Å². The maximum absolute atomic E-state index is 13.2. The van der Waals surface area contributed by atoms with Gasteiger partial charge in [-0.1, -0.05) is 29.0 Å². The van der Waals surface area contributed by atoms with Crippen LogP contribution < -0.4 is 4.90 Å². The van der Waals surface area contributed by atoms with Crippen molar-refractivity contribution in [2.45, 2.75) is 27.2 Å². The standard InChI is InChI=1S/C22H27N3OS.ClH/c1-15-7-9-18(10-8-15)21(26)25(12-6-11-24(4)5)22-23-19-13-16(2)17(3)14-20(19)27-22;/h7-10,13-14H,6,11-12H2,1-5H3;1H. The second-order valence-corrected chi connectivity index (χ2v) is 8.39. The molecular weight excluding hydrogens is 390 g/mol. The highest BCUT2D eigenvalue weighted by Gasteiger charge is 2.21. The first-order valence-electron chi connectivity index (χ1n) is 9.26. The van der Waals surface area contributed by atoms with Crippen LogP contribution in [-0.4, -0.2) is 43.0 Å². The van der Waals surface area contributed by atoms with E-state index in [9.17, 15) is 4.79 Å². The van der Waals surface area contributed by atoms with E-state index < -0.39 is 0 Å². The molecule has 1 aromatic heterocycles. The van der Waals surface area contributed by atoms with E-state index in [4.69, 9.17) is 4.98 Å². The van der Waals surface area contributed by atoms with E-state index in [1.165, 1.54) is 11.1 Å². The van der Waals surface area contributed by atoms with Gasteiger partial charge in [0, 0.05) is 12.1 Å². The van der Waals surface area contributed by atoms with Gasteiger partial charge >= 0.3 is 0 Å². The number of nitrogens with zero attached hydrogens (tertiary/aromatic N) is 3. The topological polar surface area (TPSA) is 36.4 Å². The van der Waals surface area contributed by atoms with Crippen LogP contribution in [0.15, 0.2) is 36.4 Å². The number of fused-ring (bicyclic) bond motifs is 1. The summed E-state index contributed by atoms with van der Waals surface area (Å²) in [6.45, 7) is 7.82. The summed E-state index contributed by atoms with van der Waals surface area (Å²) >= 11 is 1.59. The molecule has 3 rings (SSSR count). The van der Waals surface area contributed by atoms with E-state index in [1.807, 2.05) is 36.1 Å². The number of carbonyl (C=O) groups is 1. The average molecular weight is 418 g/mol. The molecule has 0 atom stereocenters. The molecule has 0 spiro atoms. The third kappa shape index (κ3) is 5.10. The second-order valence-electron chi connectivity index (χ2n) is 7.38. The zero-order valence-corrected chi connectivity index (χ0v) is 18.8. The molecule has 6 heteroatoms. The molecule has 0 aliphatic heterocycles. The maximum atomic E-state index is 13.2. The molecule has 0 saturated heterocycles. The van der Waals surface area contributed by atoms with Gasteiger partial charge in [-0.15, -0.1) is 12.4 Å². The summed E-state index contributed by atoms with van der Waals surface area (Å²) in [7, 11) is 4.10. The number of carbonyl (C=O) groups excluding carboxylic acids is 1. The SMILES string of the molecule is Cc1ccc(C(=O)N(CCCN(C)C)c2nc3cc(C)c(C)cc3s2)cc1.Cl. The molecule has 0 unspecified atom stereocenters. The van der Waals surface area contributed by atoms with Gasteiger partial charge in [0.25, 0.3) is 5.91 Å². The third-order valence-electron chi connectivity index (χ3n) is 4.75. The lowest BCUT2D eigenvalue weighted by atomic mass is 10.1. The Morgan fingerprint density at radius 1 is 1.00 bits per heavy atom. The number of halogens is 1. The van der Waals surface area contributed by atoms with E-state index >= 15 is 0 Å². The van der Waals surface area contributed by atoms with Gasteiger partial charge in [0.05, 0.1) is 10.2 Å². The lowest BCUT2D eigenvalue weighted by Crippen LogP contribution is -2.33. The zero-order valence-electron chi connectivity index (χ0n) is 17.2.